The van der Waals surface area contributed by atoms with Crippen LogP contribution in [-0.4, -0.2) is 28.8 Å². The minimum Gasteiger partial charge on any atom is -0.497 e. The Kier molecular flexibility index (Phi) is 5.23. The van der Waals surface area contributed by atoms with E-state index < -0.39 is 29.3 Å². The highest BCUT2D eigenvalue weighted by Gasteiger charge is 2.52. The first-order chi connectivity index (χ1) is 14.7. The number of rotatable bonds is 3. The number of hydrogen-bond acceptors (Lipinski definition) is 5. The highest BCUT2D eigenvalue weighted by Crippen LogP contribution is 2.52. The van der Waals surface area contributed by atoms with E-state index in [1.165, 1.54) is 35.9 Å². The molecule has 0 aromatic heterocycles. The predicted octanol–water partition coefficient (Wildman–Crippen LogP) is 4.36. The summed E-state index contributed by atoms with van der Waals surface area (Å²) in [6.45, 7) is 0. The minimum absolute atomic E-state index is 0.117. The van der Waals surface area contributed by atoms with Crippen molar-refractivity contribution >= 4 is 17.7 Å². The van der Waals surface area contributed by atoms with Crippen LogP contribution in [0.1, 0.15) is 29.0 Å². The molecule has 2 atom stereocenters. The summed E-state index contributed by atoms with van der Waals surface area (Å²) in [6, 6.07) is 13.3. The van der Waals surface area contributed by atoms with Crippen LogP contribution in [0.3, 0.4) is 0 Å². The van der Waals surface area contributed by atoms with Gasteiger partial charge in [0.05, 0.1) is 35.1 Å². The average Bonchev–Trinajstić information content (AvgIpc) is 3.12. The molecular weight excluding hydrogens is 429 g/mol. The van der Waals surface area contributed by atoms with Crippen molar-refractivity contribution < 1.29 is 27.8 Å². The van der Waals surface area contributed by atoms with Gasteiger partial charge in [0, 0.05) is 17.9 Å². The third-order valence-electron chi connectivity index (χ3n) is 5.48. The van der Waals surface area contributed by atoms with Crippen LogP contribution in [0.5, 0.6) is 5.75 Å². The van der Waals surface area contributed by atoms with E-state index in [2.05, 4.69) is 6.07 Å². The van der Waals surface area contributed by atoms with Crippen LogP contribution < -0.4 is 4.74 Å². The minimum atomic E-state index is -4.47. The van der Waals surface area contributed by atoms with Gasteiger partial charge in [-0.05, 0) is 29.8 Å². The Morgan fingerprint density at radius 1 is 1.26 bits per heavy atom. The molecule has 160 valence electrons. The first-order valence-electron chi connectivity index (χ1n) is 9.33. The van der Waals surface area contributed by atoms with E-state index in [4.69, 9.17) is 4.74 Å². The van der Waals surface area contributed by atoms with Gasteiger partial charge in [0.25, 0.3) is 0 Å². The molecule has 2 aliphatic rings. The zero-order valence-corrected chi connectivity index (χ0v) is 17.1. The molecular formula is C22H17F3N2O3S. The van der Waals surface area contributed by atoms with Gasteiger partial charge in [0.1, 0.15) is 5.75 Å². The normalized spacial score (nSPS) is 23.5. The van der Waals surface area contributed by atoms with Crippen LogP contribution in [0.4, 0.5) is 13.2 Å². The molecule has 0 saturated carbocycles. The summed E-state index contributed by atoms with van der Waals surface area (Å²) in [7, 11) is 1.49. The number of ether oxygens (including phenoxy) is 1. The largest absolute Gasteiger partial charge is 0.497 e. The quantitative estimate of drug-likeness (QED) is 0.759. The number of alkyl halides is 3. The number of hydrogen-bond donors (Lipinski definition) is 1. The number of nitrogens with zero attached hydrogens (tertiary/aromatic N) is 2. The van der Waals surface area contributed by atoms with Crippen molar-refractivity contribution in [3.05, 3.63) is 75.8 Å². The van der Waals surface area contributed by atoms with Gasteiger partial charge in [-0.2, -0.15) is 18.4 Å². The topological polar surface area (TPSA) is 73.6 Å². The smallest absolute Gasteiger partial charge is 0.416 e. The van der Waals surface area contributed by atoms with Gasteiger partial charge in [-0.25, -0.2) is 0 Å². The molecule has 0 aliphatic carbocycles. The van der Waals surface area contributed by atoms with Gasteiger partial charge in [-0.1, -0.05) is 24.3 Å². The van der Waals surface area contributed by atoms with Crippen molar-refractivity contribution in [2.75, 3.05) is 12.9 Å². The monoisotopic (exact) mass is 446 g/mol. The van der Waals surface area contributed by atoms with Crippen LogP contribution in [0.15, 0.2) is 59.1 Å². The molecule has 1 saturated heterocycles. The maximum absolute atomic E-state index is 13.1. The molecule has 2 aromatic carbocycles. The molecule has 0 radical (unpaired) electrons. The number of amides is 1. The van der Waals surface area contributed by atoms with Crippen molar-refractivity contribution in [2.24, 2.45) is 0 Å². The van der Waals surface area contributed by atoms with Crippen molar-refractivity contribution in [3.63, 3.8) is 0 Å². The first kappa shape index (κ1) is 21.3. The van der Waals surface area contributed by atoms with Crippen LogP contribution in [0.25, 0.3) is 0 Å². The van der Waals surface area contributed by atoms with Crippen LogP contribution in [0.2, 0.25) is 0 Å². The number of halogens is 3. The van der Waals surface area contributed by atoms with Crippen LogP contribution in [-0.2, 0) is 16.7 Å². The lowest BCUT2D eigenvalue weighted by Crippen LogP contribution is -2.48. The number of aliphatic hydroxyl groups is 1. The summed E-state index contributed by atoms with van der Waals surface area (Å²) in [4.78, 5) is 14.3. The van der Waals surface area contributed by atoms with E-state index in [-0.39, 0.29) is 17.7 Å². The second-order valence-electron chi connectivity index (χ2n) is 7.27. The molecule has 9 heteroatoms. The summed E-state index contributed by atoms with van der Waals surface area (Å²) in [5.41, 5.74) is -1.30. The fraction of sp³-hybridized carbons (Fsp3) is 0.273. The van der Waals surface area contributed by atoms with Gasteiger partial charge in [-0.15, -0.1) is 11.8 Å². The molecule has 1 amide bonds. The maximum Gasteiger partial charge on any atom is 0.416 e. The van der Waals surface area contributed by atoms with Gasteiger partial charge < -0.3 is 9.84 Å². The number of carbonyl (C=O) groups excluding carboxylic acids is 1. The fourth-order valence-electron chi connectivity index (χ4n) is 3.90. The summed E-state index contributed by atoms with van der Waals surface area (Å²) in [5, 5.41) is 21.6. The highest BCUT2D eigenvalue weighted by atomic mass is 32.2. The Morgan fingerprint density at radius 3 is 2.58 bits per heavy atom. The zero-order valence-electron chi connectivity index (χ0n) is 16.3. The van der Waals surface area contributed by atoms with E-state index in [9.17, 15) is 28.3 Å². The molecule has 0 spiro atoms. The number of thioether (sulfide) groups is 1. The molecule has 0 bridgehead atoms. The molecule has 2 aromatic rings. The number of allylic oxidation sites excluding steroid dienone is 1. The standard InChI is InChI=1S/C22H17F3N2O3S/c1-30-16-4-2-3-15(9-16)21(29)12-31-20-18(11-26)17(10-19(28)27(20)21)13-5-7-14(8-6-13)22(23,24)25/h2-9,17,29H,10,12H2,1H3/t17-,21-/m0/s1. The zero-order chi connectivity index (χ0) is 22.4. The first-order valence-corrected chi connectivity index (χ1v) is 10.3. The van der Waals surface area contributed by atoms with Gasteiger partial charge in [0.2, 0.25) is 5.91 Å². The lowest BCUT2D eigenvalue weighted by molar-refractivity contribution is -0.149. The lowest BCUT2D eigenvalue weighted by atomic mass is 9.85. The van der Waals surface area contributed by atoms with Gasteiger partial charge >= 0.3 is 6.18 Å². The third kappa shape index (κ3) is 3.56. The summed E-state index contributed by atoms with van der Waals surface area (Å²) >= 11 is 1.18. The van der Waals surface area contributed by atoms with E-state index in [0.717, 1.165) is 12.1 Å². The Morgan fingerprint density at radius 2 is 1.97 bits per heavy atom. The lowest BCUT2D eigenvalue weighted by Gasteiger charge is -2.38. The molecule has 1 N–H and O–H groups in total. The summed E-state index contributed by atoms with van der Waals surface area (Å²) in [5.74, 6) is -0.451. The molecule has 2 heterocycles. The Hall–Kier alpha value is -2.96. The number of carbonyl (C=O) groups is 1. The van der Waals surface area contributed by atoms with Crippen LogP contribution in [0, 0.1) is 11.3 Å². The summed E-state index contributed by atoms with van der Waals surface area (Å²) in [6.07, 6.45) is -4.60. The van der Waals surface area contributed by atoms with E-state index in [1.54, 1.807) is 24.3 Å². The van der Waals surface area contributed by atoms with E-state index in [1.807, 2.05) is 0 Å². The van der Waals surface area contributed by atoms with Crippen molar-refractivity contribution in [1.82, 2.24) is 4.90 Å². The highest BCUT2D eigenvalue weighted by molar-refractivity contribution is 8.03. The van der Waals surface area contributed by atoms with Crippen molar-refractivity contribution in [2.45, 2.75) is 24.2 Å². The Labute approximate surface area is 180 Å². The number of nitriles is 1. The Bertz CT molecular complexity index is 1110. The number of benzene rings is 2. The predicted molar refractivity (Wildman–Crippen MR) is 108 cm³/mol. The molecule has 1 fully saturated rings. The molecule has 5 nitrogen and oxygen atoms in total. The summed E-state index contributed by atoms with van der Waals surface area (Å²) < 4.78 is 43.9. The third-order valence-corrected chi connectivity index (χ3v) is 6.71. The fourth-order valence-corrected chi connectivity index (χ4v) is 5.26. The van der Waals surface area contributed by atoms with Crippen molar-refractivity contribution in [3.8, 4) is 11.8 Å². The van der Waals surface area contributed by atoms with Crippen molar-refractivity contribution in [1.29, 1.82) is 5.26 Å². The Balaban J connectivity index is 1.75. The molecule has 0 unspecified atom stereocenters. The SMILES string of the molecule is COc1cccc([C@@]2(O)CSC3=C(C#N)[C@H](c4ccc(C(F)(F)F)cc4)CC(=O)N32)c1. The number of fused-ring (bicyclic) bond motifs is 1. The van der Waals surface area contributed by atoms with Gasteiger partial charge in [0.15, 0.2) is 5.72 Å². The van der Waals surface area contributed by atoms with E-state index in [0.29, 0.717) is 21.9 Å². The second kappa shape index (κ2) is 7.62. The second-order valence-corrected chi connectivity index (χ2v) is 8.24. The van der Waals surface area contributed by atoms with E-state index >= 15 is 0 Å². The van der Waals surface area contributed by atoms with Crippen LogP contribution >= 0.6 is 11.8 Å². The average molecular weight is 446 g/mol. The maximum atomic E-state index is 13.1. The molecule has 31 heavy (non-hydrogen) atoms. The molecule has 4 rings (SSSR count). The molecule has 2 aliphatic heterocycles. The van der Waals surface area contributed by atoms with Gasteiger partial charge in [-0.3, -0.25) is 9.69 Å². The number of methoxy groups -OCH3 is 1.